The van der Waals surface area contributed by atoms with Crippen LogP contribution in [0.1, 0.15) is 24.3 Å². The van der Waals surface area contributed by atoms with Crippen molar-refractivity contribution in [1.82, 2.24) is 5.32 Å². The molecule has 1 N–H and O–H groups in total. The molecule has 3 heteroatoms. The first-order valence-corrected chi connectivity index (χ1v) is 6.65. The maximum Gasteiger partial charge on any atom is 0.119 e. The molecule has 102 valence electrons. The van der Waals surface area contributed by atoms with Gasteiger partial charge in [-0.2, -0.15) is 0 Å². The molecular weight excluding hydrogens is 258 g/mol. The van der Waals surface area contributed by atoms with Gasteiger partial charge in [0.25, 0.3) is 0 Å². The molecule has 2 nitrogen and oxygen atoms in total. The number of methoxy groups -OCH3 is 1. The van der Waals surface area contributed by atoms with Crippen LogP contribution < -0.4 is 10.1 Å². The number of ether oxygens (including phenoxy) is 1. The number of hydrogen-bond acceptors (Lipinski definition) is 2. The van der Waals surface area contributed by atoms with Crippen LogP contribution in [0.2, 0.25) is 0 Å². The second-order valence-electron chi connectivity index (χ2n) is 5.00. The van der Waals surface area contributed by atoms with Gasteiger partial charge in [0, 0.05) is 0 Å². The first-order chi connectivity index (χ1) is 8.86. The zero-order valence-electron chi connectivity index (χ0n) is 11.2. The van der Waals surface area contributed by atoms with E-state index in [1.807, 2.05) is 6.07 Å². The Bertz CT molecular complexity index is 549. The lowest BCUT2D eigenvalue weighted by atomic mass is 9.89. The summed E-state index contributed by atoms with van der Waals surface area (Å²) in [5.41, 5.74) is 1.48. The lowest BCUT2D eigenvalue weighted by molar-refractivity contribution is 0.415. The van der Waals surface area contributed by atoms with Gasteiger partial charge in [-0.05, 0) is 60.3 Å². The van der Waals surface area contributed by atoms with Crippen LogP contribution in [0.25, 0.3) is 10.8 Å². The molecule has 1 heterocycles. The number of benzene rings is 2. The molecule has 1 aliphatic heterocycles. The molecular formula is C16H20ClNO. The van der Waals surface area contributed by atoms with Gasteiger partial charge in [-0.25, -0.2) is 0 Å². The number of rotatable bonds is 2. The fourth-order valence-corrected chi connectivity index (χ4v) is 2.78. The molecule has 0 aliphatic carbocycles. The average molecular weight is 278 g/mol. The second-order valence-corrected chi connectivity index (χ2v) is 5.00. The Kier molecular flexibility index (Phi) is 4.67. The van der Waals surface area contributed by atoms with E-state index < -0.39 is 0 Å². The molecule has 0 aromatic heterocycles. The van der Waals surface area contributed by atoms with Crippen LogP contribution in [0.15, 0.2) is 36.4 Å². The maximum atomic E-state index is 5.26. The van der Waals surface area contributed by atoms with E-state index >= 15 is 0 Å². The average Bonchev–Trinajstić information content (AvgIpc) is 2.47. The minimum atomic E-state index is 0. The highest BCUT2D eigenvalue weighted by Crippen LogP contribution is 2.29. The van der Waals surface area contributed by atoms with E-state index in [1.54, 1.807) is 7.11 Å². The van der Waals surface area contributed by atoms with E-state index in [4.69, 9.17) is 4.74 Å². The Morgan fingerprint density at radius 1 is 1.00 bits per heavy atom. The summed E-state index contributed by atoms with van der Waals surface area (Å²) in [6, 6.07) is 13.1. The van der Waals surface area contributed by atoms with Crippen molar-refractivity contribution in [2.45, 2.75) is 18.8 Å². The highest BCUT2D eigenvalue weighted by atomic mass is 35.5. The lowest BCUT2D eigenvalue weighted by Gasteiger charge is -2.23. The molecule has 0 bridgehead atoms. The van der Waals surface area contributed by atoms with Gasteiger partial charge in [-0.3, -0.25) is 0 Å². The highest BCUT2D eigenvalue weighted by Gasteiger charge is 2.15. The van der Waals surface area contributed by atoms with Gasteiger partial charge in [0.15, 0.2) is 0 Å². The van der Waals surface area contributed by atoms with Crippen LogP contribution >= 0.6 is 12.4 Å². The Hall–Kier alpha value is -1.25. The number of halogens is 1. The smallest absolute Gasteiger partial charge is 0.119 e. The molecule has 0 spiro atoms. The first-order valence-electron chi connectivity index (χ1n) is 6.65. The van der Waals surface area contributed by atoms with Crippen molar-refractivity contribution < 1.29 is 4.74 Å². The summed E-state index contributed by atoms with van der Waals surface area (Å²) in [6.07, 6.45) is 2.50. The van der Waals surface area contributed by atoms with Crippen LogP contribution in [0, 0.1) is 0 Å². The van der Waals surface area contributed by atoms with Gasteiger partial charge in [0.05, 0.1) is 7.11 Å². The van der Waals surface area contributed by atoms with Crippen molar-refractivity contribution in [1.29, 1.82) is 0 Å². The molecule has 0 unspecified atom stereocenters. The van der Waals surface area contributed by atoms with Crippen molar-refractivity contribution in [3.8, 4) is 5.75 Å². The summed E-state index contributed by atoms with van der Waals surface area (Å²) in [6.45, 7) is 2.29. The van der Waals surface area contributed by atoms with Gasteiger partial charge in [-0.1, -0.05) is 24.3 Å². The predicted molar refractivity (Wildman–Crippen MR) is 82.6 cm³/mol. The van der Waals surface area contributed by atoms with Crippen LogP contribution in [-0.2, 0) is 0 Å². The quantitative estimate of drug-likeness (QED) is 0.903. The first kappa shape index (κ1) is 14.2. The summed E-state index contributed by atoms with van der Waals surface area (Å²) in [7, 11) is 1.71. The van der Waals surface area contributed by atoms with E-state index in [0.717, 1.165) is 24.8 Å². The van der Waals surface area contributed by atoms with Crippen LogP contribution in [0.4, 0.5) is 0 Å². The minimum absolute atomic E-state index is 0. The molecule has 19 heavy (non-hydrogen) atoms. The van der Waals surface area contributed by atoms with Crippen LogP contribution in [0.5, 0.6) is 5.75 Å². The van der Waals surface area contributed by atoms with Gasteiger partial charge >= 0.3 is 0 Å². The fraction of sp³-hybridized carbons (Fsp3) is 0.375. The topological polar surface area (TPSA) is 21.3 Å². The second kappa shape index (κ2) is 6.27. The lowest BCUT2D eigenvalue weighted by Crippen LogP contribution is -2.26. The third-order valence-electron chi connectivity index (χ3n) is 3.88. The third kappa shape index (κ3) is 3.02. The molecule has 0 atom stereocenters. The van der Waals surface area contributed by atoms with E-state index in [0.29, 0.717) is 0 Å². The molecule has 0 amide bonds. The summed E-state index contributed by atoms with van der Waals surface area (Å²) in [5, 5.41) is 5.99. The molecule has 1 aliphatic rings. The van der Waals surface area contributed by atoms with Gasteiger partial charge in [-0.15, -0.1) is 12.4 Å². The maximum absolute atomic E-state index is 5.26. The summed E-state index contributed by atoms with van der Waals surface area (Å²) < 4.78 is 5.26. The van der Waals surface area contributed by atoms with E-state index in [1.165, 1.54) is 29.2 Å². The highest BCUT2D eigenvalue weighted by molar-refractivity contribution is 5.85. The molecule has 2 aromatic carbocycles. The van der Waals surface area contributed by atoms with Gasteiger partial charge in [0.1, 0.15) is 5.75 Å². The summed E-state index contributed by atoms with van der Waals surface area (Å²) >= 11 is 0. The Morgan fingerprint density at radius 3 is 2.42 bits per heavy atom. The van der Waals surface area contributed by atoms with Crippen LogP contribution in [-0.4, -0.2) is 20.2 Å². The van der Waals surface area contributed by atoms with Gasteiger partial charge in [0.2, 0.25) is 0 Å². The molecule has 0 saturated carbocycles. The van der Waals surface area contributed by atoms with E-state index in [-0.39, 0.29) is 12.4 Å². The minimum Gasteiger partial charge on any atom is -0.497 e. The van der Waals surface area contributed by atoms with E-state index in [2.05, 4.69) is 35.6 Å². The van der Waals surface area contributed by atoms with Crippen molar-refractivity contribution in [3.63, 3.8) is 0 Å². The normalized spacial score (nSPS) is 16.1. The van der Waals surface area contributed by atoms with Crippen LogP contribution in [0.3, 0.4) is 0 Å². The third-order valence-corrected chi connectivity index (χ3v) is 3.88. The molecule has 1 fully saturated rings. The SMILES string of the molecule is COc1ccc2cc(C3CCNCC3)ccc2c1.Cl. The summed E-state index contributed by atoms with van der Waals surface area (Å²) in [5.74, 6) is 1.65. The van der Waals surface area contributed by atoms with Crippen molar-refractivity contribution in [2.75, 3.05) is 20.2 Å². The molecule has 2 aromatic rings. The number of hydrogen-bond donors (Lipinski definition) is 1. The number of piperidine rings is 1. The van der Waals surface area contributed by atoms with Crippen molar-refractivity contribution >= 4 is 23.2 Å². The largest absolute Gasteiger partial charge is 0.497 e. The van der Waals surface area contributed by atoms with E-state index in [9.17, 15) is 0 Å². The van der Waals surface area contributed by atoms with Gasteiger partial charge < -0.3 is 10.1 Å². The number of fused-ring (bicyclic) bond motifs is 1. The molecule has 1 saturated heterocycles. The molecule has 3 rings (SSSR count). The zero-order chi connectivity index (χ0) is 12.4. The Balaban J connectivity index is 0.00000133. The standard InChI is InChI=1S/C16H19NO.ClH/c1-18-16-5-4-14-10-13(2-3-15(14)11-16)12-6-8-17-9-7-12;/h2-5,10-12,17H,6-9H2,1H3;1H. The monoisotopic (exact) mass is 277 g/mol. The Labute approximate surface area is 120 Å². The predicted octanol–water partition coefficient (Wildman–Crippen LogP) is 3.74. The van der Waals surface area contributed by atoms with Crippen molar-refractivity contribution in [3.05, 3.63) is 42.0 Å². The summed E-state index contributed by atoms with van der Waals surface area (Å²) in [4.78, 5) is 0. The zero-order valence-corrected chi connectivity index (χ0v) is 12.0. The van der Waals surface area contributed by atoms with Crippen molar-refractivity contribution in [2.24, 2.45) is 0 Å². The molecule has 0 radical (unpaired) electrons. The number of nitrogens with one attached hydrogen (secondary N) is 1. The Morgan fingerprint density at radius 2 is 1.68 bits per heavy atom. The fourth-order valence-electron chi connectivity index (χ4n) is 2.78.